The molecule has 1 aliphatic rings. The van der Waals surface area contributed by atoms with Crippen LogP contribution in [0.4, 0.5) is 0 Å². The van der Waals surface area contributed by atoms with E-state index >= 15 is 0 Å². The van der Waals surface area contributed by atoms with Gasteiger partial charge in [-0.1, -0.05) is 31.2 Å². The van der Waals surface area contributed by atoms with Gasteiger partial charge in [-0.05, 0) is 37.4 Å². The molecular formula is C16H25NOS. The standard InChI is InChI=1S/C16H25NOS/c1-3-9-17-15-8-10-18-11-16(15)19-12-14-7-5-4-6-13(14)2/h4-7,15-17H,3,8-12H2,1-2H3. The number of nitrogens with one attached hydrogen (secondary N) is 1. The van der Waals surface area contributed by atoms with Crippen LogP contribution in [0.1, 0.15) is 30.9 Å². The minimum atomic E-state index is 0.583. The molecule has 19 heavy (non-hydrogen) atoms. The third-order valence-electron chi connectivity index (χ3n) is 3.67. The highest BCUT2D eigenvalue weighted by atomic mass is 32.2. The summed E-state index contributed by atoms with van der Waals surface area (Å²) in [5.41, 5.74) is 2.84. The van der Waals surface area contributed by atoms with E-state index in [0.29, 0.717) is 11.3 Å². The van der Waals surface area contributed by atoms with Gasteiger partial charge in [-0.3, -0.25) is 0 Å². The van der Waals surface area contributed by atoms with Crippen molar-refractivity contribution in [2.45, 2.75) is 43.7 Å². The van der Waals surface area contributed by atoms with E-state index in [4.69, 9.17) is 4.74 Å². The molecule has 1 fully saturated rings. The molecule has 106 valence electrons. The van der Waals surface area contributed by atoms with Gasteiger partial charge in [-0.15, -0.1) is 11.8 Å². The van der Waals surface area contributed by atoms with Crippen LogP contribution in [0.15, 0.2) is 24.3 Å². The Hall–Kier alpha value is -0.510. The SMILES string of the molecule is CCCNC1CCOCC1SCc1ccccc1C. The number of thioether (sulfide) groups is 1. The van der Waals surface area contributed by atoms with Gasteiger partial charge in [0.15, 0.2) is 0 Å². The fourth-order valence-corrected chi connectivity index (χ4v) is 3.78. The predicted molar refractivity (Wildman–Crippen MR) is 83.8 cm³/mol. The Bertz CT molecular complexity index is 383. The largest absolute Gasteiger partial charge is 0.380 e. The molecule has 1 aliphatic heterocycles. The first-order chi connectivity index (χ1) is 9.31. The first-order valence-electron chi connectivity index (χ1n) is 7.28. The molecule has 2 unspecified atom stereocenters. The van der Waals surface area contributed by atoms with E-state index in [0.717, 1.165) is 31.9 Å². The van der Waals surface area contributed by atoms with E-state index in [9.17, 15) is 0 Å². The van der Waals surface area contributed by atoms with E-state index in [1.807, 2.05) is 11.8 Å². The minimum absolute atomic E-state index is 0.583. The lowest BCUT2D eigenvalue weighted by molar-refractivity contribution is 0.0833. The average molecular weight is 279 g/mol. The Labute approximate surface area is 121 Å². The summed E-state index contributed by atoms with van der Waals surface area (Å²) >= 11 is 2.04. The smallest absolute Gasteiger partial charge is 0.0600 e. The molecular weight excluding hydrogens is 254 g/mol. The van der Waals surface area contributed by atoms with Crippen LogP contribution >= 0.6 is 11.8 Å². The van der Waals surface area contributed by atoms with Gasteiger partial charge in [-0.25, -0.2) is 0 Å². The Morgan fingerprint density at radius 2 is 2.21 bits per heavy atom. The van der Waals surface area contributed by atoms with Crippen LogP contribution < -0.4 is 5.32 Å². The van der Waals surface area contributed by atoms with E-state index < -0.39 is 0 Å². The van der Waals surface area contributed by atoms with Crippen LogP contribution in [0.3, 0.4) is 0 Å². The number of benzene rings is 1. The van der Waals surface area contributed by atoms with E-state index in [1.165, 1.54) is 17.5 Å². The lowest BCUT2D eigenvalue weighted by atomic mass is 10.1. The van der Waals surface area contributed by atoms with Crippen molar-refractivity contribution in [3.8, 4) is 0 Å². The molecule has 0 amide bonds. The number of ether oxygens (including phenoxy) is 1. The lowest BCUT2D eigenvalue weighted by Crippen LogP contribution is -2.45. The van der Waals surface area contributed by atoms with Gasteiger partial charge in [0.05, 0.1) is 6.61 Å². The molecule has 1 N–H and O–H groups in total. The van der Waals surface area contributed by atoms with Crippen molar-refractivity contribution < 1.29 is 4.74 Å². The van der Waals surface area contributed by atoms with Gasteiger partial charge in [-0.2, -0.15) is 0 Å². The zero-order valence-electron chi connectivity index (χ0n) is 12.0. The molecule has 1 aromatic carbocycles. The van der Waals surface area contributed by atoms with Crippen molar-refractivity contribution in [2.24, 2.45) is 0 Å². The van der Waals surface area contributed by atoms with Crippen LogP contribution in [0.5, 0.6) is 0 Å². The molecule has 0 aromatic heterocycles. The van der Waals surface area contributed by atoms with Crippen molar-refractivity contribution in [2.75, 3.05) is 19.8 Å². The number of hydrogen-bond acceptors (Lipinski definition) is 3. The van der Waals surface area contributed by atoms with Crippen molar-refractivity contribution in [1.29, 1.82) is 0 Å². The summed E-state index contributed by atoms with van der Waals surface area (Å²) in [6.45, 7) is 7.33. The van der Waals surface area contributed by atoms with Crippen LogP contribution in [0.2, 0.25) is 0 Å². The van der Waals surface area contributed by atoms with E-state index in [2.05, 4.69) is 43.4 Å². The van der Waals surface area contributed by atoms with Gasteiger partial charge in [0, 0.05) is 23.7 Å². The fraction of sp³-hybridized carbons (Fsp3) is 0.625. The molecule has 1 saturated heterocycles. The molecule has 2 rings (SSSR count). The predicted octanol–water partition coefficient (Wildman–Crippen LogP) is 3.39. The fourth-order valence-electron chi connectivity index (χ4n) is 2.41. The summed E-state index contributed by atoms with van der Waals surface area (Å²) < 4.78 is 5.65. The summed E-state index contributed by atoms with van der Waals surface area (Å²) in [6, 6.07) is 9.29. The minimum Gasteiger partial charge on any atom is -0.380 e. The number of aryl methyl sites for hydroxylation is 1. The zero-order chi connectivity index (χ0) is 13.5. The zero-order valence-corrected chi connectivity index (χ0v) is 12.8. The second-order valence-electron chi connectivity index (χ2n) is 5.20. The molecule has 0 radical (unpaired) electrons. The Kier molecular flexibility index (Phi) is 6.21. The van der Waals surface area contributed by atoms with Gasteiger partial charge >= 0.3 is 0 Å². The highest BCUT2D eigenvalue weighted by Crippen LogP contribution is 2.26. The second-order valence-corrected chi connectivity index (χ2v) is 6.43. The average Bonchev–Trinajstić information content (AvgIpc) is 2.45. The first-order valence-corrected chi connectivity index (χ1v) is 8.33. The van der Waals surface area contributed by atoms with Crippen LogP contribution in [0.25, 0.3) is 0 Å². The third kappa shape index (κ3) is 4.51. The van der Waals surface area contributed by atoms with Crippen molar-refractivity contribution >= 4 is 11.8 Å². The second kappa shape index (κ2) is 7.93. The van der Waals surface area contributed by atoms with Gasteiger partial charge in [0.2, 0.25) is 0 Å². The topological polar surface area (TPSA) is 21.3 Å². The van der Waals surface area contributed by atoms with E-state index in [-0.39, 0.29) is 0 Å². The molecule has 0 saturated carbocycles. The van der Waals surface area contributed by atoms with E-state index in [1.54, 1.807) is 0 Å². The summed E-state index contributed by atoms with van der Waals surface area (Å²) in [4.78, 5) is 0. The normalized spacial score (nSPS) is 23.5. The number of hydrogen-bond donors (Lipinski definition) is 1. The number of rotatable bonds is 6. The molecule has 0 bridgehead atoms. The van der Waals surface area contributed by atoms with Crippen molar-refractivity contribution in [1.82, 2.24) is 5.32 Å². The van der Waals surface area contributed by atoms with Crippen molar-refractivity contribution in [3.63, 3.8) is 0 Å². The lowest BCUT2D eigenvalue weighted by Gasteiger charge is -2.32. The maximum atomic E-state index is 5.65. The Balaban J connectivity index is 1.87. The summed E-state index contributed by atoms with van der Waals surface area (Å²) in [5.74, 6) is 1.09. The van der Waals surface area contributed by atoms with Crippen LogP contribution in [-0.2, 0) is 10.5 Å². The third-order valence-corrected chi connectivity index (χ3v) is 5.05. The molecule has 0 spiro atoms. The monoisotopic (exact) mass is 279 g/mol. The Morgan fingerprint density at radius 1 is 1.37 bits per heavy atom. The van der Waals surface area contributed by atoms with Gasteiger partial charge in [0.1, 0.15) is 0 Å². The molecule has 1 heterocycles. The summed E-state index contributed by atoms with van der Waals surface area (Å²) in [7, 11) is 0. The highest BCUT2D eigenvalue weighted by molar-refractivity contribution is 7.99. The van der Waals surface area contributed by atoms with Gasteiger partial charge < -0.3 is 10.1 Å². The van der Waals surface area contributed by atoms with Crippen LogP contribution in [0, 0.1) is 6.92 Å². The molecule has 0 aliphatic carbocycles. The van der Waals surface area contributed by atoms with Crippen molar-refractivity contribution in [3.05, 3.63) is 35.4 Å². The molecule has 1 aromatic rings. The maximum Gasteiger partial charge on any atom is 0.0600 e. The molecule has 3 heteroatoms. The highest BCUT2D eigenvalue weighted by Gasteiger charge is 2.25. The quantitative estimate of drug-likeness (QED) is 0.862. The summed E-state index contributed by atoms with van der Waals surface area (Å²) in [6.07, 6.45) is 2.35. The maximum absolute atomic E-state index is 5.65. The summed E-state index contributed by atoms with van der Waals surface area (Å²) in [5, 5.41) is 4.25. The molecule has 2 atom stereocenters. The first kappa shape index (κ1) is 14.9. The van der Waals surface area contributed by atoms with Gasteiger partial charge in [0.25, 0.3) is 0 Å². The molecule has 2 nitrogen and oxygen atoms in total. The Morgan fingerprint density at radius 3 is 3.00 bits per heavy atom. The van der Waals surface area contributed by atoms with Crippen LogP contribution in [-0.4, -0.2) is 31.1 Å².